The zero-order chi connectivity index (χ0) is 16.1. The summed E-state index contributed by atoms with van der Waals surface area (Å²) in [5.41, 5.74) is 2.81. The molecule has 1 unspecified atom stereocenters. The van der Waals surface area contributed by atoms with E-state index in [1.165, 1.54) is 0 Å². The highest BCUT2D eigenvalue weighted by molar-refractivity contribution is 5.94. The van der Waals surface area contributed by atoms with Crippen LogP contribution in [0.2, 0.25) is 0 Å². The fourth-order valence-electron chi connectivity index (χ4n) is 2.53. The Balaban J connectivity index is 2.02. The molecule has 22 heavy (non-hydrogen) atoms. The molecule has 0 radical (unpaired) electrons. The van der Waals surface area contributed by atoms with Crippen molar-refractivity contribution in [2.24, 2.45) is 0 Å². The molecule has 0 aromatic heterocycles. The fourth-order valence-corrected chi connectivity index (χ4v) is 2.53. The number of nitrogens with zero attached hydrogens (tertiary/aromatic N) is 1. The number of hydrogen-bond donors (Lipinski definition) is 2. The van der Waals surface area contributed by atoms with Crippen LogP contribution in [-0.4, -0.2) is 54.2 Å². The molecule has 0 bridgehead atoms. The molecule has 6 heteroatoms. The molecule has 1 aromatic carbocycles. The number of morpholine rings is 1. The second-order valence-electron chi connectivity index (χ2n) is 5.50. The van der Waals surface area contributed by atoms with Gasteiger partial charge in [0.25, 0.3) is 0 Å². The van der Waals surface area contributed by atoms with E-state index >= 15 is 0 Å². The Hall–Kier alpha value is -1.92. The lowest BCUT2D eigenvalue weighted by molar-refractivity contribution is -0.147. The number of hydrogen-bond acceptors (Lipinski definition) is 4. The summed E-state index contributed by atoms with van der Waals surface area (Å²) in [4.78, 5) is 25.4. The van der Waals surface area contributed by atoms with Crippen LogP contribution in [0.5, 0.6) is 0 Å². The topological polar surface area (TPSA) is 78.9 Å². The van der Waals surface area contributed by atoms with Crippen molar-refractivity contribution in [2.45, 2.75) is 26.3 Å². The van der Waals surface area contributed by atoms with E-state index in [4.69, 9.17) is 4.74 Å². The first-order valence-electron chi connectivity index (χ1n) is 7.39. The van der Waals surface area contributed by atoms with Crippen LogP contribution in [0.1, 0.15) is 17.5 Å². The van der Waals surface area contributed by atoms with Gasteiger partial charge >= 0.3 is 5.97 Å². The maximum Gasteiger partial charge on any atom is 0.321 e. The minimum absolute atomic E-state index is 0.0668. The van der Waals surface area contributed by atoms with E-state index < -0.39 is 12.0 Å². The number of nitrogens with one attached hydrogen (secondary N) is 1. The lowest BCUT2D eigenvalue weighted by Crippen LogP contribution is -2.48. The van der Waals surface area contributed by atoms with E-state index in [0.717, 1.165) is 16.8 Å². The van der Waals surface area contributed by atoms with E-state index in [1.54, 1.807) is 4.90 Å². The Bertz CT molecular complexity index is 553. The molecule has 0 spiro atoms. The van der Waals surface area contributed by atoms with Crippen LogP contribution in [0.3, 0.4) is 0 Å². The summed E-state index contributed by atoms with van der Waals surface area (Å²) >= 11 is 0. The molecule has 2 N–H and O–H groups in total. The minimum Gasteiger partial charge on any atom is -0.480 e. The zero-order valence-corrected chi connectivity index (χ0v) is 13.0. The summed E-state index contributed by atoms with van der Waals surface area (Å²) < 4.78 is 5.22. The van der Waals surface area contributed by atoms with Gasteiger partial charge in [0.2, 0.25) is 5.91 Å². The number of anilines is 1. The number of benzene rings is 1. The van der Waals surface area contributed by atoms with Crippen LogP contribution in [0.25, 0.3) is 0 Å². The highest BCUT2D eigenvalue weighted by Crippen LogP contribution is 2.19. The van der Waals surface area contributed by atoms with Gasteiger partial charge in [-0.05, 0) is 31.0 Å². The zero-order valence-electron chi connectivity index (χ0n) is 13.0. The molecule has 1 amide bonds. The van der Waals surface area contributed by atoms with Crippen LogP contribution < -0.4 is 5.32 Å². The first-order valence-corrected chi connectivity index (χ1v) is 7.39. The number of carboxylic acids is 1. The molecule has 1 atom stereocenters. The molecular formula is C16H22N2O4. The van der Waals surface area contributed by atoms with Gasteiger partial charge in [0.1, 0.15) is 6.04 Å². The first kappa shape index (κ1) is 16.5. The van der Waals surface area contributed by atoms with Crippen LogP contribution in [0, 0.1) is 13.8 Å². The van der Waals surface area contributed by atoms with Crippen molar-refractivity contribution < 1.29 is 19.4 Å². The predicted octanol–water partition coefficient (Wildman–Crippen LogP) is 1.42. The number of ether oxygens (including phenoxy) is 1. The monoisotopic (exact) mass is 306 g/mol. The van der Waals surface area contributed by atoms with Gasteiger partial charge in [0.05, 0.1) is 19.6 Å². The molecule has 120 valence electrons. The average molecular weight is 306 g/mol. The summed E-state index contributed by atoms with van der Waals surface area (Å²) in [5, 5.41) is 12.2. The highest BCUT2D eigenvalue weighted by atomic mass is 16.5. The molecule has 2 rings (SSSR count). The van der Waals surface area contributed by atoms with Gasteiger partial charge in [-0.2, -0.15) is 0 Å². The molecule has 0 aliphatic carbocycles. The summed E-state index contributed by atoms with van der Waals surface area (Å²) in [6.45, 7) is 5.98. The van der Waals surface area contributed by atoms with Gasteiger partial charge in [-0.3, -0.25) is 14.5 Å². The van der Waals surface area contributed by atoms with Crippen molar-refractivity contribution in [2.75, 3.05) is 31.6 Å². The van der Waals surface area contributed by atoms with E-state index in [2.05, 4.69) is 5.32 Å². The molecule has 1 aliphatic heterocycles. The van der Waals surface area contributed by atoms with Crippen molar-refractivity contribution >= 4 is 17.6 Å². The average Bonchev–Trinajstić information content (AvgIpc) is 2.50. The Kier molecular flexibility index (Phi) is 5.51. The lowest BCUT2D eigenvalue weighted by atomic mass is 10.1. The van der Waals surface area contributed by atoms with Crippen molar-refractivity contribution in [3.8, 4) is 0 Å². The Labute approximate surface area is 130 Å². The largest absolute Gasteiger partial charge is 0.480 e. The third kappa shape index (κ3) is 4.05. The van der Waals surface area contributed by atoms with Gasteiger partial charge in [-0.25, -0.2) is 0 Å². The van der Waals surface area contributed by atoms with Crippen molar-refractivity contribution in [3.05, 3.63) is 29.3 Å². The first-order chi connectivity index (χ1) is 10.5. The van der Waals surface area contributed by atoms with Crippen LogP contribution >= 0.6 is 0 Å². The minimum atomic E-state index is -0.974. The third-order valence-corrected chi connectivity index (χ3v) is 4.03. The van der Waals surface area contributed by atoms with Crippen LogP contribution in [0.4, 0.5) is 5.69 Å². The van der Waals surface area contributed by atoms with Crippen molar-refractivity contribution in [3.63, 3.8) is 0 Å². The molecule has 0 saturated carbocycles. The second-order valence-corrected chi connectivity index (χ2v) is 5.50. The summed E-state index contributed by atoms with van der Waals surface area (Å²) in [6, 6.07) is 4.85. The SMILES string of the molecule is Cc1cccc(NC(=O)CC(C(=O)O)N2CCOCC2)c1C. The number of rotatable bonds is 5. The van der Waals surface area contributed by atoms with Crippen molar-refractivity contribution in [1.29, 1.82) is 0 Å². The third-order valence-electron chi connectivity index (χ3n) is 4.03. The van der Waals surface area contributed by atoms with Gasteiger partial charge in [0, 0.05) is 18.8 Å². The normalized spacial score (nSPS) is 17.0. The quantitative estimate of drug-likeness (QED) is 0.860. The number of carboxylic acid groups (broad SMARTS) is 1. The van der Waals surface area contributed by atoms with E-state index in [-0.39, 0.29) is 12.3 Å². The Morgan fingerprint density at radius 3 is 2.64 bits per heavy atom. The van der Waals surface area contributed by atoms with Crippen LogP contribution in [-0.2, 0) is 14.3 Å². The van der Waals surface area contributed by atoms with Gasteiger partial charge in [-0.1, -0.05) is 12.1 Å². The Morgan fingerprint density at radius 1 is 1.32 bits per heavy atom. The Morgan fingerprint density at radius 2 is 2.00 bits per heavy atom. The molecule has 1 aliphatic rings. The highest BCUT2D eigenvalue weighted by Gasteiger charge is 2.29. The fraction of sp³-hybridized carbons (Fsp3) is 0.500. The van der Waals surface area contributed by atoms with E-state index in [9.17, 15) is 14.7 Å². The van der Waals surface area contributed by atoms with Gasteiger partial charge in [-0.15, -0.1) is 0 Å². The van der Waals surface area contributed by atoms with Crippen molar-refractivity contribution in [1.82, 2.24) is 4.90 Å². The summed E-state index contributed by atoms with van der Waals surface area (Å²) in [6.07, 6.45) is -0.0668. The number of carbonyl (C=O) groups is 2. The number of amides is 1. The smallest absolute Gasteiger partial charge is 0.321 e. The second kappa shape index (κ2) is 7.38. The molecule has 6 nitrogen and oxygen atoms in total. The molecule has 1 aromatic rings. The van der Waals surface area contributed by atoms with E-state index in [1.807, 2.05) is 32.0 Å². The van der Waals surface area contributed by atoms with E-state index in [0.29, 0.717) is 26.3 Å². The molecular weight excluding hydrogens is 284 g/mol. The maximum absolute atomic E-state index is 12.2. The van der Waals surface area contributed by atoms with Crippen LogP contribution in [0.15, 0.2) is 18.2 Å². The molecule has 1 saturated heterocycles. The number of aliphatic carboxylic acids is 1. The molecule has 1 heterocycles. The summed E-state index contributed by atoms with van der Waals surface area (Å²) in [5.74, 6) is -1.26. The standard InChI is InChI=1S/C16H22N2O4/c1-11-4-3-5-13(12(11)2)17-15(19)10-14(16(20)21)18-6-8-22-9-7-18/h3-5,14H,6-10H2,1-2H3,(H,17,19)(H,20,21). The number of aryl methyl sites for hydroxylation is 1. The van der Waals surface area contributed by atoms with Gasteiger partial charge < -0.3 is 15.2 Å². The predicted molar refractivity (Wildman–Crippen MR) is 83.0 cm³/mol. The molecule has 1 fully saturated rings. The lowest BCUT2D eigenvalue weighted by Gasteiger charge is -2.31. The number of carbonyl (C=O) groups excluding carboxylic acids is 1. The maximum atomic E-state index is 12.2. The summed E-state index contributed by atoms with van der Waals surface area (Å²) in [7, 11) is 0. The van der Waals surface area contributed by atoms with Gasteiger partial charge in [0.15, 0.2) is 0 Å².